The number of ether oxygens (including phenoxy) is 3. The van der Waals surface area contributed by atoms with Gasteiger partial charge in [0, 0.05) is 24.8 Å². The molecule has 0 aliphatic heterocycles. The van der Waals surface area contributed by atoms with Crippen LogP contribution in [0.4, 0.5) is 17.6 Å². The highest BCUT2D eigenvalue weighted by Crippen LogP contribution is 2.28. The van der Waals surface area contributed by atoms with Crippen LogP contribution in [0.5, 0.6) is 11.6 Å². The molecular weight excluding hydrogens is 456 g/mol. The zero-order chi connectivity index (χ0) is 23.3. The van der Waals surface area contributed by atoms with Crippen molar-refractivity contribution in [1.29, 1.82) is 0 Å². The van der Waals surface area contributed by atoms with Gasteiger partial charge in [-0.1, -0.05) is 6.07 Å². The molecule has 32 heavy (non-hydrogen) atoms. The van der Waals surface area contributed by atoms with Crippen molar-refractivity contribution >= 4 is 17.2 Å². The summed E-state index contributed by atoms with van der Waals surface area (Å²) in [7, 11) is 2.72. The number of aromatic nitrogens is 3. The van der Waals surface area contributed by atoms with Crippen LogP contribution in [0, 0.1) is 5.82 Å². The number of hydrogen-bond acceptors (Lipinski definition) is 8. The Labute approximate surface area is 183 Å². The summed E-state index contributed by atoms with van der Waals surface area (Å²) in [5.41, 5.74) is 0.106. The maximum Gasteiger partial charge on any atom is 0.573 e. The van der Waals surface area contributed by atoms with Gasteiger partial charge in [0.05, 0.1) is 19.8 Å². The van der Waals surface area contributed by atoms with Crippen LogP contribution in [0.25, 0.3) is 10.8 Å². The first-order chi connectivity index (χ1) is 15.2. The van der Waals surface area contributed by atoms with E-state index < -0.39 is 29.9 Å². The van der Waals surface area contributed by atoms with Gasteiger partial charge < -0.3 is 19.5 Å². The largest absolute Gasteiger partial charge is 0.573 e. The molecule has 0 saturated carbocycles. The van der Waals surface area contributed by atoms with Gasteiger partial charge in [-0.2, -0.15) is 4.98 Å². The van der Waals surface area contributed by atoms with Crippen LogP contribution >= 0.6 is 11.3 Å². The minimum absolute atomic E-state index is 0.0550. The molecular formula is C19H16F4N4O4S. The monoisotopic (exact) mass is 472 g/mol. The SMILES string of the molecule is COCC(NC(=O)c1cc(OC)nc(-c2nccs2)n1)c1ccc(OC(F)(F)F)c(F)c1. The van der Waals surface area contributed by atoms with E-state index in [1.165, 1.54) is 37.7 Å². The van der Waals surface area contributed by atoms with E-state index in [9.17, 15) is 22.4 Å². The molecule has 1 atom stereocenters. The van der Waals surface area contributed by atoms with E-state index in [0.717, 1.165) is 12.1 Å². The van der Waals surface area contributed by atoms with Crippen LogP contribution in [0.2, 0.25) is 0 Å². The number of amides is 1. The van der Waals surface area contributed by atoms with Gasteiger partial charge in [0.15, 0.2) is 22.4 Å². The van der Waals surface area contributed by atoms with E-state index in [4.69, 9.17) is 9.47 Å². The van der Waals surface area contributed by atoms with Crippen molar-refractivity contribution in [2.24, 2.45) is 0 Å². The van der Waals surface area contributed by atoms with Crippen molar-refractivity contribution in [2.45, 2.75) is 12.4 Å². The minimum atomic E-state index is -5.04. The Morgan fingerprint density at radius 3 is 2.59 bits per heavy atom. The van der Waals surface area contributed by atoms with Crippen LogP contribution in [0.1, 0.15) is 22.1 Å². The molecule has 13 heteroatoms. The topological polar surface area (TPSA) is 95.5 Å². The van der Waals surface area contributed by atoms with Gasteiger partial charge in [0.1, 0.15) is 5.69 Å². The van der Waals surface area contributed by atoms with Crippen LogP contribution in [-0.4, -0.2) is 48.0 Å². The Morgan fingerprint density at radius 2 is 2.00 bits per heavy atom. The molecule has 3 rings (SSSR count). The molecule has 2 heterocycles. The fourth-order valence-electron chi connectivity index (χ4n) is 2.64. The van der Waals surface area contributed by atoms with Crippen molar-refractivity contribution < 1.29 is 36.6 Å². The Bertz CT molecular complexity index is 1080. The lowest BCUT2D eigenvalue weighted by Crippen LogP contribution is -2.32. The van der Waals surface area contributed by atoms with E-state index in [2.05, 4.69) is 25.0 Å². The Balaban J connectivity index is 1.86. The number of nitrogens with one attached hydrogen (secondary N) is 1. The fourth-order valence-corrected chi connectivity index (χ4v) is 3.21. The van der Waals surface area contributed by atoms with E-state index in [0.29, 0.717) is 5.01 Å². The molecule has 0 aliphatic carbocycles. The summed E-state index contributed by atoms with van der Waals surface area (Å²) < 4.78 is 65.0. The van der Waals surface area contributed by atoms with Crippen molar-refractivity contribution in [3.8, 4) is 22.5 Å². The number of hydrogen-bond donors (Lipinski definition) is 1. The number of alkyl halides is 3. The van der Waals surface area contributed by atoms with E-state index in [1.54, 1.807) is 11.6 Å². The Kier molecular flexibility index (Phi) is 7.20. The molecule has 0 aliphatic rings. The van der Waals surface area contributed by atoms with Crippen LogP contribution < -0.4 is 14.8 Å². The summed E-state index contributed by atoms with van der Waals surface area (Å²) in [6.45, 7) is -0.0911. The van der Waals surface area contributed by atoms with Gasteiger partial charge in [-0.3, -0.25) is 4.79 Å². The number of nitrogens with zero attached hydrogens (tertiary/aromatic N) is 3. The molecule has 1 unspecified atom stereocenters. The van der Waals surface area contributed by atoms with E-state index >= 15 is 0 Å². The normalized spacial score (nSPS) is 12.3. The first-order valence-electron chi connectivity index (χ1n) is 8.88. The summed E-state index contributed by atoms with van der Waals surface area (Å²) in [4.78, 5) is 25.3. The molecule has 0 bridgehead atoms. The molecule has 1 aromatic carbocycles. The molecule has 0 radical (unpaired) electrons. The molecule has 8 nitrogen and oxygen atoms in total. The van der Waals surface area contributed by atoms with E-state index in [1.807, 2.05) is 0 Å². The summed E-state index contributed by atoms with van der Waals surface area (Å²) >= 11 is 1.26. The van der Waals surface area contributed by atoms with Gasteiger partial charge in [0.2, 0.25) is 5.88 Å². The summed E-state index contributed by atoms with van der Waals surface area (Å²) in [6, 6.07) is 3.24. The molecule has 1 N–H and O–H groups in total. The number of methoxy groups -OCH3 is 2. The molecule has 1 amide bonds. The predicted molar refractivity (Wildman–Crippen MR) is 105 cm³/mol. The lowest BCUT2D eigenvalue weighted by atomic mass is 10.1. The summed E-state index contributed by atoms with van der Waals surface area (Å²) in [5, 5.41) is 4.79. The van der Waals surface area contributed by atoms with Gasteiger partial charge in [-0.15, -0.1) is 24.5 Å². The van der Waals surface area contributed by atoms with E-state index in [-0.39, 0.29) is 29.6 Å². The molecule has 3 aromatic rings. The number of carbonyl (C=O) groups is 1. The molecule has 0 fully saturated rings. The number of thiazole rings is 1. The summed E-state index contributed by atoms with van der Waals surface area (Å²) in [5.74, 6) is -2.60. The van der Waals surface area contributed by atoms with Gasteiger partial charge in [-0.25, -0.2) is 14.4 Å². The third-order valence-electron chi connectivity index (χ3n) is 3.99. The molecule has 170 valence electrons. The van der Waals surface area contributed by atoms with Crippen molar-refractivity contribution in [2.75, 3.05) is 20.8 Å². The standard InChI is InChI=1S/C19H16F4N4O4S/c1-29-9-13(10-3-4-14(11(20)7-10)31-19(21,22)23)26-17(28)12-8-15(30-2)27-16(25-12)18-24-5-6-32-18/h3-8,13H,9H2,1-2H3,(H,26,28). The van der Waals surface area contributed by atoms with Gasteiger partial charge in [0.25, 0.3) is 5.91 Å². The smallest absolute Gasteiger partial charge is 0.481 e. The second kappa shape index (κ2) is 9.87. The number of halogens is 4. The number of rotatable bonds is 8. The maximum absolute atomic E-state index is 14.1. The van der Waals surface area contributed by atoms with Gasteiger partial charge in [-0.05, 0) is 17.7 Å². The lowest BCUT2D eigenvalue weighted by molar-refractivity contribution is -0.275. The van der Waals surface area contributed by atoms with Crippen LogP contribution in [-0.2, 0) is 4.74 Å². The Hall–Kier alpha value is -3.32. The fraction of sp³-hybridized carbons (Fsp3) is 0.263. The lowest BCUT2D eigenvalue weighted by Gasteiger charge is -2.19. The zero-order valence-electron chi connectivity index (χ0n) is 16.6. The first kappa shape index (κ1) is 23.3. The average Bonchev–Trinajstić information content (AvgIpc) is 3.28. The van der Waals surface area contributed by atoms with Crippen LogP contribution in [0.15, 0.2) is 35.8 Å². The average molecular weight is 472 g/mol. The highest BCUT2D eigenvalue weighted by atomic mass is 32.1. The second-order valence-electron chi connectivity index (χ2n) is 6.18. The quantitative estimate of drug-likeness (QED) is 0.499. The van der Waals surface area contributed by atoms with Gasteiger partial charge >= 0.3 is 6.36 Å². The third-order valence-corrected chi connectivity index (χ3v) is 4.76. The van der Waals surface area contributed by atoms with Crippen molar-refractivity contribution in [3.05, 3.63) is 52.9 Å². The van der Waals surface area contributed by atoms with Crippen LogP contribution in [0.3, 0.4) is 0 Å². The first-order valence-corrected chi connectivity index (χ1v) is 9.76. The van der Waals surface area contributed by atoms with Crippen molar-refractivity contribution in [3.63, 3.8) is 0 Å². The Morgan fingerprint density at radius 1 is 1.22 bits per heavy atom. The highest BCUT2D eigenvalue weighted by molar-refractivity contribution is 7.13. The zero-order valence-corrected chi connectivity index (χ0v) is 17.5. The van der Waals surface area contributed by atoms with Crippen molar-refractivity contribution in [1.82, 2.24) is 20.3 Å². The predicted octanol–water partition coefficient (Wildman–Crippen LogP) is 3.76. The summed E-state index contributed by atoms with van der Waals surface area (Å²) in [6.07, 6.45) is -3.48. The minimum Gasteiger partial charge on any atom is -0.481 e. The highest BCUT2D eigenvalue weighted by Gasteiger charge is 2.32. The number of benzene rings is 1. The second-order valence-corrected chi connectivity index (χ2v) is 7.07. The molecule has 2 aromatic heterocycles. The maximum atomic E-state index is 14.1. The molecule has 0 spiro atoms. The third kappa shape index (κ3) is 5.88. The molecule has 0 saturated heterocycles. The number of carbonyl (C=O) groups excluding carboxylic acids is 1.